The molecule has 4 rings (SSSR count). The maximum absolute atomic E-state index is 5.45. The molecule has 4 nitrogen and oxygen atoms in total. The van der Waals surface area contributed by atoms with Gasteiger partial charge in [0, 0.05) is 23.5 Å². The molecule has 6 heteroatoms. The monoisotopic (exact) mass is 352 g/mol. The van der Waals surface area contributed by atoms with E-state index in [1.165, 1.54) is 12.8 Å². The summed E-state index contributed by atoms with van der Waals surface area (Å²) in [5.41, 5.74) is 2.16. The molecule has 2 aliphatic rings. The largest absolute Gasteiger partial charge is 0.454 e. The van der Waals surface area contributed by atoms with Crippen molar-refractivity contribution in [2.45, 2.75) is 25.4 Å². The molecule has 20 heavy (non-hydrogen) atoms. The highest BCUT2D eigenvalue weighted by molar-refractivity contribution is 9.10. The molecule has 1 fully saturated rings. The van der Waals surface area contributed by atoms with E-state index in [0.717, 1.165) is 38.8 Å². The average Bonchev–Trinajstić information content (AvgIpc) is 2.96. The maximum atomic E-state index is 5.45. The van der Waals surface area contributed by atoms with E-state index < -0.39 is 0 Å². The van der Waals surface area contributed by atoms with E-state index in [1.54, 1.807) is 11.3 Å². The van der Waals surface area contributed by atoms with Gasteiger partial charge in [-0.25, -0.2) is 4.98 Å². The minimum atomic E-state index is 0.284. The van der Waals surface area contributed by atoms with E-state index in [4.69, 9.17) is 9.47 Å². The number of nitrogens with one attached hydrogen (secondary N) is 1. The number of nitrogens with zero attached hydrogens (tertiary/aromatic N) is 1. The van der Waals surface area contributed by atoms with Crippen LogP contribution in [0.2, 0.25) is 0 Å². The Morgan fingerprint density at radius 2 is 2.25 bits per heavy atom. The molecule has 1 N–H and O–H groups in total. The quantitative estimate of drug-likeness (QED) is 0.913. The summed E-state index contributed by atoms with van der Waals surface area (Å²) in [4.78, 5) is 4.69. The third kappa shape index (κ3) is 2.43. The van der Waals surface area contributed by atoms with Gasteiger partial charge >= 0.3 is 0 Å². The summed E-state index contributed by atoms with van der Waals surface area (Å²) in [6, 6.07) is 4.73. The van der Waals surface area contributed by atoms with Gasteiger partial charge in [-0.15, -0.1) is 11.3 Å². The van der Waals surface area contributed by atoms with Crippen LogP contribution in [0.3, 0.4) is 0 Å². The molecule has 1 aliphatic heterocycles. The number of hydrogen-bond acceptors (Lipinski definition) is 5. The summed E-state index contributed by atoms with van der Waals surface area (Å²) in [7, 11) is 0. The van der Waals surface area contributed by atoms with Crippen LogP contribution in [-0.2, 0) is 6.54 Å². The SMILES string of the molecule is Brc1cc(-c2nc(CNC3CC3)cs2)cc2c1OCO2. The Morgan fingerprint density at radius 1 is 1.35 bits per heavy atom. The van der Waals surface area contributed by atoms with E-state index in [-0.39, 0.29) is 6.79 Å². The summed E-state index contributed by atoms with van der Waals surface area (Å²) >= 11 is 5.18. The van der Waals surface area contributed by atoms with Gasteiger partial charge in [0.05, 0.1) is 10.2 Å². The van der Waals surface area contributed by atoms with E-state index in [2.05, 4.69) is 31.6 Å². The fourth-order valence-electron chi connectivity index (χ4n) is 2.15. The van der Waals surface area contributed by atoms with Crippen molar-refractivity contribution >= 4 is 27.3 Å². The first kappa shape index (κ1) is 12.6. The highest BCUT2D eigenvalue weighted by atomic mass is 79.9. The van der Waals surface area contributed by atoms with Gasteiger partial charge in [-0.2, -0.15) is 0 Å². The summed E-state index contributed by atoms with van der Waals surface area (Å²) in [6.45, 7) is 1.14. The van der Waals surface area contributed by atoms with Gasteiger partial charge in [0.2, 0.25) is 6.79 Å². The first-order valence-corrected chi connectivity index (χ1v) is 8.24. The smallest absolute Gasteiger partial charge is 0.231 e. The molecule has 0 unspecified atom stereocenters. The lowest BCUT2D eigenvalue weighted by molar-refractivity contribution is 0.173. The van der Waals surface area contributed by atoms with Crippen LogP contribution >= 0.6 is 27.3 Å². The first-order valence-electron chi connectivity index (χ1n) is 6.57. The average molecular weight is 353 g/mol. The van der Waals surface area contributed by atoms with Gasteiger partial charge < -0.3 is 14.8 Å². The Hall–Kier alpha value is -1.11. The van der Waals surface area contributed by atoms with Crippen LogP contribution < -0.4 is 14.8 Å². The first-order chi connectivity index (χ1) is 9.79. The summed E-state index contributed by atoms with van der Waals surface area (Å²) in [6.07, 6.45) is 2.60. The van der Waals surface area contributed by atoms with Crippen LogP contribution in [-0.4, -0.2) is 17.8 Å². The molecular weight excluding hydrogens is 340 g/mol. The zero-order valence-electron chi connectivity index (χ0n) is 10.7. The van der Waals surface area contributed by atoms with Gasteiger partial charge in [-0.3, -0.25) is 0 Å². The van der Waals surface area contributed by atoms with Gasteiger partial charge in [0.15, 0.2) is 11.5 Å². The van der Waals surface area contributed by atoms with Crippen LogP contribution in [0.1, 0.15) is 18.5 Å². The lowest BCUT2D eigenvalue weighted by Crippen LogP contribution is -2.15. The molecule has 1 aromatic heterocycles. The number of thiazole rings is 1. The van der Waals surface area contributed by atoms with Crippen LogP contribution in [0, 0.1) is 0 Å². The molecular formula is C14H13BrN2O2S. The molecule has 0 amide bonds. The Bertz CT molecular complexity index is 655. The topological polar surface area (TPSA) is 43.4 Å². The number of ether oxygens (including phenoxy) is 2. The van der Waals surface area contributed by atoms with Crippen molar-refractivity contribution < 1.29 is 9.47 Å². The van der Waals surface area contributed by atoms with E-state index in [9.17, 15) is 0 Å². The van der Waals surface area contributed by atoms with Crippen LogP contribution in [0.25, 0.3) is 10.6 Å². The van der Waals surface area contributed by atoms with E-state index >= 15 is 0 Å². The molecule has 0 atom stereocenters. The zero-order chi connectivity index (χ0) is 13.5. The highest BCUT2D eigenvalue weighted by Gasteiger charge is 2.21. The third-order valence-corrected chi connectivity index (χ3v) is 4.90. The van der Waals surface area contributed by atoms with Crippen molar-refractivity contribution in [2.24, 2.45) is 0 Å². The van der Waals surface area contributed by atoms with Crippen molar-refractivity contribution in [2.75, 3.05) is 6.79 Å². The second kappa shape index (κ2) is 5.02. The maximum Gasteiger partial charge on any atom is 0.231 e. The Labute approximate surface area is 129 Å². The van der Waals surface area contributed by atoms with Crippen molar-refractivity contribution in [1.29, 1.82) is 0 Å². The fraction of sp³-hybridized carbons (Fsp3) is 0.357. The standard InChI is InChI=1S/C14H13BrN2O2S/c15-11-3-8(4-12-13(11)19-7-18-12)14-17-10(6-20-14)5-16-9-1-2-9/h3-4,6,9,16H,1-2,5,7H2. The molecule has 1 aliphatic carbocycles. The lowest BCUT2D eigenvalue weighted by atomic mass is 10.2. The van der Waals surface area contributed by atoms with E-state index in [1.807, 2.05) is 12.1 Å². The van der Waals surface area contributed by atoms with Gasteiger partial charge in [-0.1, -0.05) is 0 Å². The predicted octanol–water partition coefficient (Wildman–Crippen LogP) is 3.55. The van der Waals surface area contributed by atoms with Crippen LogP contribution in [0.4, 0.5) is 0 Å². The zero-order valence-corrected chi connectivity index (χ0v) is 13.1. The molecule has 1 aromatic carbocycles. The Balaban J connectivity index is 1.58. The number of fused-ring (bicyclic) bond motifs is 1. The molecule has 1 saturated carbocycles. The number of benzene rings is 1. The third-order valence-electron chi connectivity index (χ3n) is 3.38. The molecule has 2 aromatic rings. The number of aromatic nitrogens is 1. The summed E-state index contributed by atoms with van der Waals surface area (Å²) in [5.74, 6) is 1.56. The Morgan fingerprint density at radius 3 is 3.10 bits per heavy atom. The molecule has 0 saturated heterocycles. The minimum absolute atomic E-state index is 0.284. The summed E-state index contributed by atoms with van der Waals surface area (Å²) in [5, 5.41) is 6.61. The molecule has 2 heterocycles. The van der Waals surface area contributed by atoms with Gasteiger partial charge in [0.1, 0.15) is 5.01 Å². The lowest BCUT2D eigenvalue weighted by Gasteiger charge is -2.02. The minimum Gasteiger partial charge on any atom is -0.454 e. The molecule has 104 valence electrons. The number of rotatable bonds is 4. The fourth-order valence-corrected chi connectivity index (χ4v) is 3.51. The Kier molecular flexibility index (Phi) is 3.17. The van der Waals surface area contributed by atoms with Crippen molar-refractivity contribution in [3.63, 3.8) is 0 Å². The van der Waals surface area contributed by atoms with Crippen LogP contribution in [0.15, 0.2) is 22.0 Å². The molecule has 0 spiro atoms. The van der Waals surface area contributed by atoms with Crippen molar-refractivity contribution in [1.82, 2.24) is 10.3 Å². The van der Waals surface area contributed by atoms with Crippen molar-refractivity contribution in [3.05, 3.63) is 27.7 Å². The highest BCUT2D eigenvalue weighted by Crippen LogP contribution is 2.42. The molecule has 0 radical (unpaired) electrons. The van der Waals surface area contributed by atoms with Gasteiger partial charge in [-0.05, 0) is 40.9 Å². The predicted molar refractivity (Wildman–Crippen MR) is 81.2 cm³/mol. The van der Waals surface area contributed by atoms with Crippen LogP contribution in [0.5, 0.6) is 11.5 Å². The second-order valence-corrected chi connectivity index (χ2v) is 6.70. The normalized spacial score (nSPS) is 16.6. The number of hydrogen-bond donors (Lipinski definition) is 1. The van der Waals surface area contributed by atoms with E-state index in [0.29, 0.717) is 6.04 Å². The van der Waals surface area contributed by atoms with Gasteiger partial charge in [0.25, 0.3) is 0 Å². The number of halogens is 1. The second-order valence-electron chi connectivity index (χ2n) is 4.99. The molecule has 0 bridgehead atoms. The van der Waals surface area contributed by atoms with Crippen molar-refractivity contribution in [3.8, 4) is 22.1 Å². The summed E-state index contributed by atoms with van der Waals surface area (Å²) < 4.78 is 11.8.